The molecule has 0 unspecified atom stereocenters. The Balaban J connectivity index is 2.17. The maximum absolute atomic E-state index is 11.6. The minimum atomic E-state index is -3.29. The lowest BCUT2D eigenvalue weighted by Gasteiger charge is -2.00. The first-order chi connectivity index (χ1) is 9.84. The van der Waals surface area contributed by atoms with Gasteiger partial charge in [-0.3, -0.25) is 0 Å². The first kappa shape index (κ1) is 13.9. The fourth-order valence-electron chi connectivity index (χ4n) is 1.98. The summed E-state index contributed by atoms with van der Waals surface area (Å²) in [5.74, 6) is 0.324. The number of nitrogens with zero attached hydrogens (tertiary/aromatic N) is 1. The molecule has 0 spiro atoms. The summed E-state index contributed by atoms with van der Waals surface area (Å²) in [5.41, 5.74) is 7.90. The van der Waals surface area contributed by atoms with E-state index in [4.69, 9.17) is 21.8 Å². The Morgan fingerprint density at radius 2 is 1.95 bits per heavy atom. The molecule has 0 aliphatic heterocycles. The Bertz CT molecular complexity index is 948. The quantitative estimate of drug-likeness (QED) is 0.732. The Morgan fingerprint density at radius 1 is 1.19 bits per heavy atom. The van der Waals surface area contributed by atoms with Crippen LogP contribution in [0, 0.1) is 0 Å². The van der Waals surface area contributed by atoms with Crippen LogP contribution in [-0.4, -0.2) is 19.7 Å². The first-order valence-corrected chi connectivity index (χ1v) is 8.27. The summed E-state index contributed by atoms with van der Waals surface area (Å²) < 4.78 is 28.7. The molecule has 3 aromatic rings. The second kappa shape index (κ2) is 4.75. The molecule has 21 heavy (non-hydrogen) atoms. The summed E-state index contributed by atoms with van der Waals surface area (Å²) in [5, 5.41) is 0.520. The number of rotatable bonds is 2. The minimum Gasteiger partial charge on any atom is -0.436 e. The molecule has 3 rings (SSSR count). The van der Waals surface area contributed by atoms with Crippen LogP contribution in [0.15, 0.2) is 45.7 Å². The summed E-state index contributed by atoms with van der Waals surface area (Å²) in [6.07, 6.45) is 1.15. The van der Waals surface area contributed by atoms with Gasteiger partial charge < -0.3 is 10.2 Å². The Hall–Kier alpha value is -2.05. The standard InChI is InChI=1S/C14H11ClN2O3S/c1-21(18,19)9-3-5-13-12(7-9)17-14(20-13)10-4-2-8(15)6-11(10)16/h2-7H,16H2,1H3. The largest absolute Gasteiger partial charge is 0.436 e. The van der Waals surface area contributed by atoms with Crippen LogP contribution in [0.4, 0.5) is 5.69 Å². The fourth-order valence-corrected chi connectivity index (χ4v) is 2.80. The van der Waals surface area contributed by atoms with Crippen LogP contribution < -0.4 is 5.73 Å². The highest BCUT2D eigenvalue weighted by Crippen LogP contribution is 2.31. The van der Waals surface area contributed by atoms with Crippen molar-refractivity contribution in [2.45, 2.75) is 4.90 Å². The number of nitrogen functional groups attached to an aromatic ring is 1. The van der Waals surface area contributed by atoms with Crippen molar-refractivity contribution in [3.63, 3.8) is 0 Å². The molecule has 0 radical (unpaired) electrons. The summed E-state index contributed by atoms with van der Waals surface area (Å²) in [7, 11) is -3.29. The third kappa shape index (κ3) is 2.59. The molecule has 0 amide bonds. The monoisotopic (exact) mass is 322 g/mol. The molecule has 1 aromatic heterocycles. The number of oxazole rings is 1. The second-order valence-corrected chi connectivity index (χ2v) is 7.10. The van der Waals surface area contributed by atoms with E-state index in [1.165, 1.54) is 12.1 Å². The summed E-state index contributed by atoms with van der Waals surface area (Å²) >= 11 is 5.86. The zero-order chi connectivity index (χ0) is 15.2. The van der Waals surface area contributed by atoms with Crippen LogP contribution >= 0.6 is 11.6 Å². The molecule has 0 fully saturated rings. The van der Waals surface area contributed by atoms with Crippen molar-refractivity contribution < 1.29 is 12.8 Å². The molecule has 0 saturated heterocycles. The highest BCUT2D eigenvalue weighted by atomic mass is 35.5. The maximum atomic E-state index is 11.6. The Morgan fingerprint density at radius 3 is 2.62 bits per heavy atom. The van der Waals surface area contributed by atoms with Crippen molar-refractivity contribution in [1.82, 2.24) is 4.98 Å². The van der Waals surface area contributed by atoms with E-state index in [1.807, 2.05) is 0 Å². The van der Waals surface area contributed by atoms with E-state index in [1.54, 1.807) is 24.3 Å². The lowest BCUT2D eigenvalue weighted by Crippen LogP contribution is -1.96. The number of halogens is 1. The predicted octanol–water partition coefficient (Wildman–Crippen LogP) is 3.13. The van der Waals surface area contributed by atoms with Gasteiger partial charge in [0.05, 0.1) is 10.5 Å². The van der Waals surface area contributed by atoms with E-state index in [-0.39, 0.29) is 4.90 Å². The van der Waals surface area contributed by atoms with Crippen LogP contribution in [-0.2, 0) is 9.84 Å². The third-order valence-corrected chi connectivity index (χ3v) is 4.38. The summed E-state index contributed by atoms with van der Waals surface area (Å²) in [6.45, 7) is 0. The lowest BCUT2D eigenvalue weighted by atomic mass is 10.2. The molecular formula is C14H11ClN2O3S. The number of hydrogen-bond donors (Lipinski definition) is 1. The van der Waals surface area contributed by atoms with Crippen molar-refractivity contribution >= 4 is 38.2 Å². The van der Waals surface area contributed by atoms with Crippen molar-refractivity contribution in [2.24, 2.45) is 0 Å². The lowest BCUT2D eigenvalue weighted by molar-refractivity contribution is 0.602. The summed E-state index contributed by atoms with van der Waals surface area (Å²) in [4.78, 5) is 4.49. The van der Waals surface area contributed by atoms with Crippen LogP contribution in [0.1, 0.15) is 0 Å². The van der Waals surface area contributed by atoms with E-state index in [0.29, 0.717) is 33.3 Å². The number of nitrogens with two attached hydrogens (primary N) is 1. The first-order valence-electron chi connectivity index (χ1n) is 6.00. The van der Waals surface area contributed by atoms with Gasteiger partial charge in [-0.05, 0) is 36.4 Å². The summed E-state index contributed by atoms with van der Waals surface area (Å²) in [6, 6.07) is 9.54. The van der Waals surface area contributed by atoms with Crippen molar-refractivity contribution in [3.05, 3.63) is 41.4 Å². The van der Waals surface area contributed by atoms with Gasteiger partial charge in [-0.25, -0.2) is 13.4 Å². The van der Waals surface area contributed by atoms with Gasteiger partial charge in [-0.2, -0.15) is 0 Å². The van der Waals surface area contributed by atoms with Crippen LogP contribution in [0.5, 0.6) is 0 Å². The van der Waals surface area contributed by atoms with Gasteiger partial charge in [0.15, 0.2) is 15.4 Å². The zero-order valence-electron chi connectivity index (χ0n) is 11.0. The minimum absolute atomic E-state index is 0.193. The molecule has 2 aromatic carbocycles. The number of anilines is 1. The number of sulfone groups is 1. The van der Waals surface area contributed by atoms with Crippen LogP contribution in [0.3, 0.4) is 0 Å². The van der Waals surface area contributed by atoms with Crippen molar-refractivity contribution in [1.29, 1.82) is 0 Å². The third-order valence-electron chi connectivity index (χ3n) is 3.03. The van der Waals surface area contributed by atoms with E-state index >= 15 is 0 Å². The van der Waals surface area contributed by atoms with Gasteiger partial charge in [0, 0.05) is 17.0 Å². The topological polar surface area (TPSA) is 86.2 Å². The highest BCUT2D eigenvalue weighted by molar-refractivity contribution is 7.90. The molecule has 2 N–H and O–H groups in total. The molecule has 1 heterocycles. The van der Waals surface area contributed by atoms with Crippen LogP contribution in [0.25, 0.3) is 22.6 Å². The van der Waals surface area contributed by atoms with Gasteiger partial charge in [0.1, 0.15) is 5.52 Å². The molecule has 0 bridgehead atoms. The SMILES string of the molecule is CS(=O)(=O)c1ccc2oc(-c3ccc(Cl)cc3N)nc2c1. The maximum Gasteiger partial charge on any atom is 0.229 e. The average molecular weight is 323 g/mol. The van der Waals surface area contributed by atoms with Crippen LogP contribution in [0.2, 0.25) is 5.02 Å². The second-order valence-electron chi connectivity index (χ2n) is 4.65. The molecule has 7 heteroatoms. The van der Waals surface area contributed by atoms with E-state index in [0.717, 1.165) is 6.26 Å². The number of aromatic nitrogens is 1. The zero-order valence-corrected chi connectivity index (χ0v) is 12.6. The number of benzene rings is 2. The van der Waals surface area contributed by atoms with Crippen molar-refractivity contribution in [3.8, 4) is 11.5 Å². The molecule has 0 aliphatic rings. The fraction of sp³-hybridized carbons (Fsp3) is 0.0714. The molecular weight excluding hydrogens is 312 g/mol. The van der Waals surface area contributed by atoms with Gasteiger partial charge in [-0.15, -0.1) is 0 Å². The van der Waals surface area contributed by atoms with E-state index < -0.39 is 9.84 Å². The van der Waals surface area contributed by atoms with E-state index in [2.05, 4.69) is 4.98 Å². The van der Waals surface area contributed by atoms with Gasteiger partial charge in [0.2, 0.25) is 5.89 Å². The van der Waals surface area contributed by atoms with Gasteiger partial charge >= 0.3 is 0 Å². The van der Waals surface area contributed by atoms with Gasteiger partial charge in [0.25, 0.3) is 0 Å². The number of fused-ring (bicyclic) bond motifs is 1. The molecule has 0 atom stereocenters. The van der Waals surface area contributed by atoms with Crippen molar-refractivity contribution in [2.75, 3.05) is 12.0 Å². The normalized spacial score (nSPS) is 11.9. The van der Waals surface area contributed by atoms with E-state index in [9.17, 15) is 8.42 Å². The Kier molecular flexibility index (Phi) is 3.15. The Labute approximate surface area is 126 Å². The predicted molar refractivity (Wildman–Crippen MR) is 82.0 cm³/mol. The average Bonchev–Trinajstić information content (AvgIpc) is 2.79. The molecule has 0 aliphatic carbocycles. The molecule has 108 valence electrons. The number of hydrogen-bond acceptors (Lipinski definition) is 5. The highest BCUT2D eigenvalue weighted by Gasteiger charge is 2.14. The molecule has 0 saturated carbocycles. The molecule has 5 nitrogen and oxygen atoms in total. The smallest absolute Gasteiger partial charge is 0.229 e. The van der Waals surface area contributed by atoms with Gasteiger partial charge in [-0.1, -0.05) is 11.6 Å².